The van der Waals surface area contributed by atoms with Crippen molar-refractivity contribution in [2.75, 3.05) is 26.2 Å². The predicted molar refractivity (Wildman–Crippen MR) is 64.5 cm³/mol. The smallest absolute Gasteiger partial charge is 0.396 e. The number of piperidine rings is 1. The van der Waals surface area contributed by atoms with Crippen LogP contribution in [0.25, 0.3) is 0 Å². The highest BCUT2D eigenvalue weighted by molar-refractivity contribution is 5.81. The summed E-state index contributed by atoms with van der Waals surface area (Å²) in [6, 6.07) is -0.617. The van der Waals surface area contributed by atoms with Gasteiger partial charge in [0.15, 0.2) is 0 Å². The van der Waals surface area contributed by atoms with Gasteiger partial charge in [0.1, 0.15) is 6.54 Å². The summed E-state index contributed by atoms with van der Waals surface area (Å²) in [5.74, 6) is -0.625. The Balaban J connectivity index is 2.52. The summed E-state index contributed by atoms with van der Waals surface area (Å²) in [5.41, 5.74) is -0.281. The van der Waals surface area contributed by atoms with Crippen molar-refractivity contribution >= 4 is 5.91 Å². The molecule has 0 aliphatic carbocycles. The molecule has 0 radical (unpaired) electrons. The molecule has 1 aliphatic heterocycles. The number of carbonyl (C=O) groups excluding carboxylic acids is 1. The maximum absolute atomic E-state index is 12.0. The molecule has 1 amide bonds. The van der Waals surface area contributed by atoms with Crippen molar-refractivity contribution in [1.82, 2.24) is 10.2 Å². The fraction of sp³-hybridized carbons (Fsp3) is 0.917. The van der Waals surface area contributed by atoms with Crippen LogP contribution < -0.4 is 5.32 Å². The molecular weight excluding hydrogens is 261 g/mol. The average Bonchev–Trinajstić information content (AvgIpc) is 2.34. The first-order chi connectivity index (χ1) is 8.67. The SMILES string of the molecule is CC(C(=O)NCC(F)(F)F)N1CCCC(C)(CO)C1. The van der Waals surface area contributed by atoms with Gasteiger partial charge in [-0.25, -0.2) is 0 Å². The predicted octanol–water partition coefficient (Wildman–Crippen LogP) is 1.15. The van der Waals surface area contributed by atoms with Gasteiger partial charge < -0.3 is 10.4 Å². The Bertz CT molecular complexity index is 323. The highest BCUT2D eigenvalue weighted by Gasteiger charge is 2.35. The molecule has 2 atom stereocenters. The molecule has 1 aliphatic rings. The summed E-state index contributed by atoms with van der Waals surface area (Å²) in [7, 11) is 0. The largest absolute Gasteiger partial charge is 0.405 e. The van der Waals surface area contributed by atoms with Crippen LogP contribution in [-0.2, 0) is 4.79 Å². The Morgan fingerprint density at radius 1 is 1.53 bits per heavy atom. The van der Waals surface area contributed by atoms with E-state index in [-0.39, 0.29) is 12.0 Å². The third-order valence-electron chi connectivity index (χ3n) is 3.58. The van der Waals surface area contributed by atoms with Crippen molar-refractivity contribution in [3.8, 4) is 0 Å². The molecule has 0 bridgehead atoms. The van der Waals surface area contributed by atoms with Crippen LogP contribution in [0, 0.1) is 5.41 Å². The van der Waals surface area contributed by atoms with Gasteiger partial charge in [-0.3, -0.25) is 9.69 Å². The van der Waals surface area contributed by atoms with Gasteiger partial charge >= 0.3 is 6.18 Å². The topological polar surface area (TPSA) is 52.6 Å². The molecule has 1 rings (SSSR count). The number of hydrogen-bond acceptors (Lipinski definition) is 3. The number of amides is 1. The Morgan fingerprint density at radius 3 is 2.68 bits per heavy atom. The van der Waals surface area contributed by atoms with Gasteiger partial charge in [0.05, 0.1) is 6.04 Å². The zero-order valence-corrected chi connectivity index (χ0v) is 11.3. The number of alkyl halides is 3. The number of nitrogens with zero attached hydrogens (tertiary/aromatic N) is 1. The lowest BCUT2D eigenvalue weighted by Crippen LogP contribution is -2.53. The Hall–Kier alpha value is -0.820. The van der Waals surface area contributed by atoms with Crippen molar-refractivity contribution in [2.24, 2.45) is 5.41 Å². The van der Waals surface area contributed by atoms with E-state index in [1.807, 2.05) is 17.1 Å². The van der Waals surface area contributed by atoms with E-state index >= 15 is 0 Å². The van der Waals surface area contributed by atoms with Crippen LogP contribution in [0.5, 0.6) is 0 Å². The number of aliphatic hydroxyl groups excluding tert-OH is 1. The van der Waals surface area contributed by atoms with Gasteiger partial charge in [0.2, 0.25) is 5.91 Å². The highest BCUT2D eigenvalue weighted by atomic mass is 19.4. The van der Waals surface area contributed by atoms with Crippen LogP contribution in [0.4, 0.5) is 13.2 Å². The molecule has 0 aromatic carbocycles. The van der Waals surface area contributed by atoms with Gasteiger partial charge in [-0.2, -0.15) is 13.2 Å². The second-order valence-electron chi connectivity index (χ2n) is 5.55. The van der Waals surface area contributed by atoms with E-state index in [4.69, 9.17) is 0 Å². The molecule has 19 heavy (non-hydrogen) atoms. The number of hydrogen-bond donors (Lipinski definition) is 2. The molecule has 1 fully saturated rings. The highest BCUT2D eigenvalue weighted by Crippen LogP contribution is 2.29. The summed E-state index contributed by atoms with van der Waals surface area (Å²) in [6.45, 7) is 3.40. The number of carbonyl (C=O) groups is 1. The van der Waals surface area contributed by atoms with Gasteiger partial charge in [-0.05, 0) is 26.3 Å². The summed E-state index contributed by atoms with van der Waals surface area (Å²) < 4.78 is 36.1. The second kappa shape index (κ2) is 6.09. The number of rotatable bonds is 4. The first-order valence-electron chi connectivity index (χ1n) is 6.36. The first-order valence-corrected chi connectivity index (χ1v) is 6.36. The van der Waals surface area contributed by atoms with Crippen LogP contribution in [0.1, 0.15) is 26.7 Å². The number of halogens is 3. The van der Waals surface area contributed by atoms with Gasteiger partial charge in [-0.1, -0.05) is 6.92 Å². The van der Waals surface area contributed by atoms with Crippen LogP contribution in [-0.4, -0.2) is 54.4 Å². The minimum atomic E-state index is -4.39. The molecule has 0 spiro atoms. The summed E-state index contributed by atoms with van der Waals surface area (Å²) >= 11 is 0. The van der Waals surface area contributed by atoms with E-state index in [1.165, 1.54) is 0 Å². The molecular formula is C12H21F3N2O2. The van der Waals surface area contributed by atoms with Gasteiger partial charge in [0.25, 0.3) is 0 Å². The third kappa shape index (κ3) is 4.99. The van der Waals surface area contributed by atoms with Crippen LogP contribution >= 0.6 is 0 Å². The lowest BCUT2D eigenvalue weighted by Gasteiger charge is -2.41. The zero-order valence-electron chi connectivity index (χ0n) is 11.3. The van der Waals surface area contributed by atoms with Crippen molar-refractivity contribution in [2.45, 2.75) is 38.9 Å². The van der Waals surface area contributed by atoms with Crippen LogP contribution in [0.3, 0.4) is 0 Å². The Morgan fingerprint density at radius 2 is 2.16 bits per heavy atom. The summed E-state index contributed by atoms with van der Waals surface area (Å²) in [5, 5.41) is 11.2. The van der Waals surface area contributed by atoms with E-state index in [0.29, 0.717) is 13.1 Å². The molecule has 112 valence electrons. The average molecular weight is 282 g/mol. The van der Waals surface area contributed by atoms with Gasteiger partial charge in [-0.15, -0.1) is 0 Å². The number of likely N-dealkylation sites (tertiary alicyclic amines) is 1. The van der Waals surface area contributed by atoms with Crippen molar-refractivity contribution in [3.05, 3.63) is 0 Å². The fourth-order valence-electron chi connectivity index (χ4n) is 2.32. The second-order valence-corrected chi connectivity index (χ2v) is 5.55. The van der Waals surface area contributed by atoms with E-state index < -0.39 is 24.7 Å². The van der Waals surface area contributed by atoms with Crippen molar-refractivity contribution in [1.29, 1.82) is 0 Å². The molecule has 4 nitrogen and oxygen atoms in total. The molecule has 0 aromatic heterocycles. The van der Waals surface area contributed by atoms with Crippen LogP contribution in [0.2, 0.25) is 0 Å². The molecule has 1 saturated heterocycles. The standard InChI is InChI=1S/C12H21F3N2O2/c1-9(10(19)16-6-12(13,14)15)17-5-3-4-11(2,7-17)8-18/h9,18H,3-8H2,1-2H3,(H,16,19). The minimum Gasteiger partial charge on any atom is -0.396 e. The van der Waals surface area contributed by atoms with Gasteiger partial charge in [0, 0.05) is 18.6 Å². The number of nitrogens with one attached hydrogen (secondary N) is 1. The lowest BCUT2D eigenvalue weighted by molar-refractivity contribution is -0.142. The monoisotopic (exact) mass is 282 g/mol. The molecule has 7 heteroatoms. The number of aliphatic hydroxyl groups is 1. The van der Waals surface area contributed by atoms with Crippen molar-refractivity contribution < 1.29 is 23.1 Å². The molecule has 0 aromatic rings. The summed E-state index contributed by atoms with van der Waals surface area (Å²) in [6.07, 6.45) is -2.71. The van der Waals surface area contributed by atoms with E-state index in [9.17, 15) is 23.1 Å². The van der Waals surface area contributed by atoms with E-state index in [2.05, 4.69) is 0 Å². The third-order valence-corrected chi connectivity index (χ3v) is 3.58. The Labute approximate surface area is 111 Å². The van der Waals surface area contributed by atoms with E-state index in [0.717, 1.165) is 12.8 Å². The maximum atomic E-state index is 12.0. The maximum Gasteiger partial charge on any atom is 0.405 e. The first kappa shape index (κ1) is 16.2. The molecule has 2 unspecified atom stereocenters. The summed E-state index contributed by atoms with van der Waals surface area (Å²) in [4.78, 5) is 13.5. The molecule has 0 saturated carbocycles. The molecule has 1 heterocycles. The minimum absolute atomic E-state index is 0.0143. The van der Waals surface area contributed by atoms with Crippen molar-refractivity contribution in [3.63, 3.8) is 0 Å². The zero-order chi connectivity index (χ0) is 14.7. The lowest BCUT2D eigenvalue weighted by atomic mass is 9.82. The fourth-order valence-corrected chi connectivity index (χ4v) is 2.32. The quantitative estimate of drug-likeness (QED) is 0.813. The normalized spacial score (nSPS) is 27.1. The van der Waals surface area contributed by atoms with Crippen LogP contribution in [0.15, 0.2) is 0 Å². The Kier molecular flexibility index (Phi) is 5.20. The van der Waals surface area contributed by atoms with E-state index in [1.54, 1.807) is 6.92 Å². The molecule has 2 N–H and O–H groups in total.